The standard InChI is InChI=1S/C23H32N6O.HI/c1-4-28(5-2)21-13-10-19(16-25-21)17-27-23(24-3)26-15-18-8-11-20(12-9-18)29-14-6-7-22(29)30;/h8-13,16H,4-7,14-15,17H2,1-3H3,(H2,24,26,27);1H. The number of nitrogens with zero attached hydrogens (tertiary/aromatic N) is 4. The van der Waals surface area contributed by atoms with Gasteiger partial charge in [0.2, 0.25) is 5.91 Å². The van der Waals surface area contributed by atoms with Crippen molar-refractivity contribution in [1.82, 2.24) is 15.6 Å². The van der Waals surface area contributed by atoms with Gasteiger partial charge in [-0.05, 0) is 49.6 Å². The fourth-order valence-electron chi connectivity index (χ4n) is 3.56. The van der Waals surface area contributed by atoms with Crippen molar-refractivity contribution in [2.24, 2.45) is 4.99 Å². The van der Waals surface area contributed by atoms with E-state index in [-0.39, 0.29) is 29.9 Å². The zero-order valence-electron chi connectivity index (χ0n) is 18.6. The van der Waals surface area contributed by atoms with E-state index in [0.717, 1.165) is 54.6 Å². The summed E-state index contributed by atoms with van der Waals surface area (Å²) in [5.41, 5.74) is 3.22. The summed E-state index contributed by atoms with van der Waals surface area (Å²) >= 11 is 0. The minimum Gasteiger partial charge on any atom is -0.357 e. The number of amides is 1. The Morgan fingerprint density at radius 2 is 1.71 bits per heavy atom. The summed E-state index contributed by atoms with van der Waals surface area (Å²) in [5, 5.41) is 6.66. The van der Waals surface area contributed by atoms with E-state index in [0.29, 0.717) is 19.5 Å². The second-order valence-corrected chi connectivity index (χ2v) is 7.29. The average molecular weight is 536 g/mol. The van der Waals surface area contributed by atoms with Gasteiger partial charge in [0.1, 0.15) is 5.82 Å². The third kappa shape index (κ3) is 6.81. The zero-order valence-corrected chi connectivity index (χ0v) is 20.9. The molecular weight excluding hydrogens is 503 g/mol. The number of benzene rings is 1. The molecular formula is C23H33IN6O. The van der Waals surface area contributed by atoms with Gasteiger partial charge in [0.25, 0.3) is 0 Å². The zero-order chi connectivity index (χ0) is 21.3. The maximum Gasteiger partial charge on any atom is 0.227 e. The molecule has 2 N–H and O–H groups in total. The van der Waals surface area contributed by atoms with Crippen LogP contribution in [0.2, 0.25) is 0 Å². The van der Waals surface area contributed by atoms with Crippen LogP contribution in [0, 0.1) is 0 Å². The lowest BCUT2D eigenvalue weighted by Gasteiger charge is -2.19. The number of guanidine groups is 1. The lowest BCUT2D eigenvalue weighted by molar-refractivity contribution is -0.117. The van der Waals surface area contributed by atoms with Gasteiger partial charge in [0, 0.05) is 58.1 Å². The Balaban J connectivity index is 0.00000341. The maximum absolute atomic E-state index is 11.9. The number of anilines is 2. The van der Waals surface area contributed by atoms with E-state index in [1.54, 1.807) is 7.05 Å². The van der Waals surface area contributed by atoms with Gasteiger partial charge in [-0.2, -0.15) is 0 Å². The highest BCUT2D eigenvalue weighted by Crippen LogP contribution is 2.21. The van der Waals surface area contributed by atoms with Gasteiger partial charge in [-0.3, -0.25) is 9.79 Å². The summed E-state index contributed by atoms with van der Waals surface area (Å²) in [6.07, 6.45) is 3.50. The van der Waals surface area contributed by atoms with Crippen molar-refractivity contribution >= 4 is 47.3 Å². The fraction of sp³-hybridized carbons (Fsp3) is 0.435. The maximum atomic E-state index is 11.9. The smallest absolute Gasteiger partial charge is 0.227 e. The Bertz CT molecular complexity index is 849. The molecule has 2 aromatic rings. The fourth-order valence-corrected chi connectivity index (χ4v) is 3.56. The minimum absolute atomic E-state index is 0. The molecule has 1 amide bonds. The third-order valence-electron chi connectivity index (χ3n) is 5.36. The van der Waals surface area contributed by atoms with E-state index in [1.807, 2.05) is 23.2 Å². The third-order valence-corrected chi connectivity index (χ3v) is 5.36. The normalized spacial score (nSPS) is 13.7. The molecule has 0 atom stereocenters. The van der Waals surface area contributed by atoms with Crippen LogP contribution in [0.1, 0.15) is 37.8 Å². The molecule has 1 aromatic heterocycles. The Kier molecular flexibility index (Phi) is 10.0. The molecule has 8 heteroatoms. The molecule has 1 aliphatic rings. The van der Waals surface area contributed by atoms with Gasteiger partial charge in [0.15, 0.2) is 5.96 Å². The number of carbonyl (C=O) groups is 1. The first kappa shape index (κ1) is 24.9. The van der Waals surface area contributed by atoms with Gasteiger partial charge < -0.3 is 20.4 Å². The lowest BCUT2D eigenvalue weighted by atomic mass is 10.2. The number of aromatic nitrogens is 1. The number of rotatable bonds is 8. The van der Waals surface area contributed by atoms with Crippen molar-refractivity contribution in [3.05, 3.63) is 53.7 Å². The van der Waals surface area contributed by atoms with Crippen LogP contribution in [0.15, 0.2) is 47.6 Å². The Morgan fingerprint density at radius 3 is 2.23 bits per heavy atom. The van der Waals surface area contributed by atoms with E-state index >= 15 is 0 Å². The van der Waals surface area contributed by atoms with Crippen LogP contribution in [-0.2, 0) is 17.9 Å². The van der Waals surface area contributed by atoms with Crippen molar-refractivity contribution in [2.45, 2.75) is 39.8 Å². The molecule has 3 rings (SSSR count). The van der Waals surface area contributed by atoms with Gasteiger partial charge in [0.05, 0.1) is 0 Å². The molecule has 0 bridgehead atoms. The molecule has 0 unspecified atom stereocenters. The molecule has 0 saturated carbocycles. The number of nitrogens with one attached hydrogen (secondary N) is 2. The number of hydrogen-bond donors (Lipinski definition) is 2. The highest BCUT2D eigenvalue weighted by atomic mass is 127. The quantitative estimate of drug-likeness (QED) is 0.307. The van der Waals surface area contributed by atoms with E-state index in [9.17, 15) is 4.79 Å². The van der Waals surface area contributed by atoms with Crippen LogP contribution >= 0.6 is 24.0 Å². The Morgan fingerprint density at radius 1 is 1.06 bits per heavy atom. The second-order valence-electron chi connectivity index (χ2n) is 7.29. The van der Waals surface area contributed by atoms with E-state index < -0.39 is 0 Å². The van der Waals surface area contributed by atoms with Crippen LogP contribution in [0.25, 0.3) is 0 Å². The molecule has 0 spiro atoms. The highest BCUT2D eigenvalue weighted by Gasteiger charge is 2.21. The Labute approximate surface area is 202 Å². The summed E-state index contributed by atoms with van der Waals surface area (Å²) in [7, 11) is 1.76. The minimum atomic E-state index is 0. The lowest BCUT2D eigenvalue weighted by Crippen LogP contribution is -2.36. The van der Waals surface area contributed by atoms with Gasteiger partial charge in [-0.15, -0.1) is 24.0 Å². The van der Waals surface area contributed by atoms with Gasteiger partial charge in [-0.25, -0.2) is 4.98 Å². The summed E-state index contributed by atoms with van der Waals surface area (Å²) < 4.78 is 0. The number of pyridine rings is 1. The summed E-state index contributed by atoms with van der Waals surface area (Å²) in [5.74, 6) is 1.96. The summed E-state index contributed by atoms with van der Waals surface area (Å²) in [6, 6.07) is 12.3. The molecule has 168 valence electrons. The predicted molar refractivity (Wildman–Crippen MR) is 138 cm³/mol. The van der Waals surface area contributed by atoms with Crippen LogP contribution in [-0.4, -0.2) is 43.5 Å². The van der Waals surface area contributed by atoms with Crippen molar-refractivity contribution in [3.8, 4) is 0 Å². The van der Waals surface area contributed by atoms with Gasteiger partial charge >= 0.3 is 0 Å². The number of carbonyl (C=O) groups excluding carboxylic acids is 1. The van der Waals surface area contributed by atoms with Gasteiger partial charge in [-0.1, -0.05) is 18.2 Å². The predicted octanol–water partition coefficient (Wildman–Crippen LogP) is 3.54. The second kappa shape index (κ2) is 12.5. The molecule has 1 aromatic carbocycles. The largest absolute Gasteiger partial charge is 0.357 e. The van der Waals surface area contributed by atoms with Crippen molar-refractivity contribution in [1.29, 1.82) is 0 Å². The molecule has 1 fully saturated rings. The Hall–Kier alpha value is -2.36. The highest BCUT2D eigenvalue weighted by molar-refractivity contribution is 14.0. The summed E-state index contributed by atoms with van der Waals surface area (Å²) in [4.78, 5) is 24.8. The van der Waals surface area contributed by atoms with E-state index in [2.05, 4.69) is 63.6 Å². The molecule has 0 aliphatic carbocycles. The number of halogens is 1. The molecule has 1 saturated heterocycles. The molecule has 7 nitrogen and oxygen atoms in total. The van der Waals surface area contributed by atoms with Crippen LogP contribution in [0.3, 0.4) is 0 Å². The van der Waals surface area contributed by atoms with Crippen molar-refractivity contribution in [2.75, 3.05) is 36.5 Å². The number of aliphatic imine (C=N–C) groups is 1. The average Bonchev–Trinajstić information content (AvgIpc) is 3.22. The molecule has 1 aliphatic heterocycles. The first-order valence-electron chi connectivity index (χ1n) is 10.7. The van der Waals surface area contributed by atoms with E-state index in [4.69, 9.17) is 0 Å². The topological polar surface area (TPSA) is 72.9 Å². The first-order valence-corrected chi connectivity index (χ1v) is 10.7. The van der Waals surface area contributed by atoms with Crippen LogP contribution in [0.5, 0.6) is 0 Å². The monoisotopic (exact) mass is 536 g/mol. The van der Waals surface area contributed by atoms with Crippen molar-refractivity contribution < 1.29 is 4.79 Å². The summed E-state index contributed by atoms with van der Waals surface area (Å²) in [6.45, 7) is 8.30. The molecule has 0 radical (unpaired) electrons. The van der Waals surface area contributed by atoms with Crippen molar-refractivity contribution in [3.63, 3.8) is 0 Å². The first-order chi connectivity index (χ1) is 14.6. The molecule has 31 heavy (non-hydrogen) atoms. The van der Waals surface area contributed by atoms with Crippen LogP contribution < -0.4 is 20.4 Å². The molecule has 2 heterocycles. The SMILES string of the molecule is CCN(CC)c1ccc(CNC(=NC)NCc2ccc(N3CCCC3=O)cc2)cn1.I. The number of hydrogen-bond acceptors (Lipinski definition) is 4. The van der Waals surface area contributed by atoms with E-state index in [1.165, 1.54) is 0 Å². The van der Waals surface area contributed by atoms with Crippen LogP contribution in [0.4, 0.5) is 11.5 Å².